The lowest BCUT2D eigenvalue weighted by Gasteiger charge is -2.28. The molecule has 2 rings (SSSR count). The van der Waals surface area contributed by atoms with E-state index in [9.17, 15) is 29.4 Å². The third-order valence-electron chi connectivity index (χ3n) is 5.86. The van der Waals surface area contributed by atoms with Gasteiger partial charge < -0.3 is 37.2 Å². The highest BCUT2D eigenvalue weighted by Crippen LogP contribution is 2.20. The van der Waals surface area contributed by atoms with Gasteiger partial charge in [-0.2, -0.15) is 0 Å². The van der Waals surface area contributed by atoms with Gasteiger partial charge in [0.1, 0.15) is 23.9 Å². The number of rotatable bonds is 12. The summed E-state index contributed by atoms with van der Waals surface area (Å²) in [5.74, 6) is -2.51. The maximum atomic E-state index is 12.9. The Morgan fingerprint density at radius 1 is 1.15 bits per heavy atom. The minimum absolute atomic E-state index is 0.114. The van der Waals surface area contributed by atoms with Crippen LogP contribution < -0.4 is 22.1 Å². The van der Waals surface area contributed by atoms with Gasteiger partial charge in [0.25, 0.3) is 0 Å². The van der Waals surface area contributed by atoms with E-state index >= 15 is 0 Å². The van der Waals surface area contributed by atoms with Crippen LogP contribution in [0, 0.1) is 0 Å². The van der Waals surface area contributed by atoms with Gasteiger partial charge in [-0.05, 0) is 69.7 Å². The average Bonchev–Trinajstić information content (AvgIpc) is 3.29. The highest BCUT2D eigenvalue weighted by molar-refractivity contribution is 5.94. The number of carboxylic acid groups (broad SMARTS) is 1. The van der Waals surface area contributed by atoms with E-state index in [0.29, 0.717) is 38.8 Å². The predicted octanol–water partition coefficient (Wildman–Crippen LogP) is -0.544. The summed E-state index contributed by atoms with van der Waals surface area (Å²) >= 11 is 0. The van der Waals surface area contributed by atoms with Gasteiger partial charge in [-0.25, -0.2) is 4.79 Å². The second-order valence-corrected chi connectivity index (χ2v) is 8.58. The van der Waals surface area contributed by atoms with Crippen LogP contribution in [0.1, 0.15) is 44.6 Å². The second kappa shape index (κ2) is 12.9. The van der Waals surface area contributed by atoms with Crippen molar-refractivity contribution in [2.24, 2.45) is 11.5 Å². The van der Waals surface area contributed by atoms with Gasteiger partial charge in [0.15, 0.2) is 0 Å². The molecule has 0 spiro atoms. The maximum Gasteiger partial charge on any atom is 0.326 e. The van der Waals surface area contributed by atoms with Crippen LogP contribution in [0.15, 0.2) is 24.3 Å². The number of nitrogens with one attached hydrogen (secondary N) is 2. The number of unbranched alkanes of at least 4 members (excludes halogenated alkanes) is 1. The Kier molecular flexibility index (Phi) is 10.3. The topological polar surface area (TPSA) is 188 Å². The van der Waals surface area contributed by atoms with Gasteiger partial charge in [0.2, 0.25) is 17.7 Å². The number of likely N-dealkylation sites (tertiary alicyclic amines) is 1. The molecule has 1 aliphatic heterocycles. The molecule has 0 bridgehead atoms. The van der Waals surface area contributed by atoms with Crippen molar-refractivity contribution in [3.63, 3.8) is 0 Å². The maximum absolute atomic E-state index is 12.9. The third-order valence-corrected chi connectivity index (χ3v) is 5.86. The summed E-state index contributed by atoms with van der Waals surface area (Å²) in [5, 5.41) is 23.7. The molecule has 1 fully saturated rings. The first-order valence-electron chi connectivity index (χ1n) is 11.5. The molecular weight excluding hydrogens is 442 g/mol. The van der Waals surface area contributed by atoms with Crippen LogP contribution in [0.2, 0.25) is 0 Å². The smallest absolute Gasteiger partial charge is 0.326 e. The molecule has 0 saturated carbocycles. The number of aliphatic carboxylic acids is 1. The number of benzene rings is 1. The standard InChI is InChI=1S/C23H35N5O6/c1-14(20(30)27-18(23(33)34)5-2-3-11-24)26-21(31)19-6-4-12-28(19)22(32)17(25)13-15-7-9-16(29)10-8-15/h7-10,14,17-19,29H,2-6,11-13,24-25H2,1H3,(H,26,31)(H,27,30)(H,33,34). The van der Waals surface area contributed by atoms with Crippen LogP contribution in [-0.4, -0.2) is 76.1 Å². The Morgan fingerprint density at radius 2 is 1.82 bits per heavy atom. The normalized spacial score (nSPS) is 18.1. The van der Waals surface area contributed by atoms with Crippen LogP contribution in [0.4, 0.5) is 0 Å². The summed E-state index contributed by atoms with van der Waals surface area (Å²) in [5.41, 5.74) is 12.3. The van der Waals surface area contributed by atoms with Crippen molar-refractivity contribution in [2.45, 2.75) is 69.6 Å². The molecule has 34 heavy (non-hydrogen) atoms. The van der Waals surface area contributed by atoms with Crippen molar-refractivity contribution in [1.82, 2.24) is 15.5 Å². The molecule has 0 aliphatic carbocycles. The number of nitrogens with two attached hydrogens (primary N) is 2. The Hall–Kier alpha value is -3.18. The Bertz CT molecular complexity index is 862. The Balaban J connectivity index is 1.93. The molecular formula is C23H35N5O6. The molecule has 1 heterocycles. The summed E-state index contributed by atoms with van der Waals surface area (Å²) in [7, 11) is 0. The molecule has 8 N–H and O–H groups in total. The Labute approximate surface area is 198 Å². The summed E-state index contributed by atoms with van der Waals surface area (Å²) in [6, 6.07) is 2.72. The molecule has 0 aromatic heterocycles. The quantitative estimate of drug-likeness (QED) is 0.216. The molecule has 0 radical (unpaired) electrons. The first-order chi connectivity index (χ1) is 16.1. The minimum atomic E-state index is -1.15. The summed E-state index contributed by atoms with van der Waals surface area (Å²) in [6.07, 6.45) is 2.75. The fourth-order valence-electron chi connectivity index (χ4n) is 3.91. The van der Waals surface area contributed by atoms with E-state index in [1.54, 1.807) is 12.1 Å². The molecule has 4 unspecified atom stereocenters. The van der Waals surface area contributed by atoms with Crippen molar-refractivity contribution in [3.05, 3.63) is 29.8 Å². The lowest BCUT2D eigenvalue weighted by Crippen LogP contribution is -2.56. The fraction of sp³-hybridized carbons (Fsp3) is 0.565. The highest BCUT2D eigenvalue weighted by Gasteiger charge is 2.37. The molecule has 11 nitrogen and oxygen atoms in total. The number of carboxylic acids is 1. The highest BCUT2D eigenvalue weighted by atomic mass is 16.4. The zero-order valence-corrected chi connectivity index (χ0v) is 19.4. The van der Waals surface area contributed by atoms with Crippen LogP contribution in [0.25, 0.3) is 0 Å². The van der Waals surface area contributed by atoms with Gasteiger partial charge in [0.05, 0.1) is 6.04 Å². The lowest BCUT2D eigenvalue weighted by molar-refractivity contribution is -0.143. The zero-order chi connectivity index (χ0) is 25.3. The predicted molar refractivity (Wildman–Crippen MR) is 125 cm³/mol. The first-order valence-corrected chi connectivity index (χ1v) is 11.5. The van der Waals surface area contributed by atoms with Crippen LogP contribution >= 0.6 is 0 Å². The molecule has 188 valence electrons. The second-order valence-electron chi connectivity index (χ2n) is 8.58. The molecule has 1 saturated heterocycles. The number of amides is 3. The average molecular weight is 478 g/mol. The largest absolute Gasteiger partial charge is 0.508 e. The van der Waals surface area contributed by atoms with Crippen molar-refractivity contribution < 1.29 is 29.4 Å². The van der Waals surface area contributed by atoms with E-state index in [1.165, 1.54) is 24.0 Å². The minimum Gasteiger partial charge on any atom is -0.508 e. The number of carbonyl (C=O) groups is 4. The number of aromatic hydroxyl groups is 1. The number of hydrogen-bond donors (Lipinski definition) is 6. The van der Waals surface area contributed by atoms with Crippen LogP contribution in [0.3, 0.4) is 0 Å². The van der Waals surface area contributed by atoms with Crippen LogP contribution in [-0.2, 0) is 25.6 Å². The van der Waals surface area contributed by atoms with Gasteiger partial charge in [-0.15, -0.1) is 0 Å². The molecule has 3 amide bonds. The summed E-state index contributed by atoms with van der Waals surface area (Å²) in [6.45, 7) is 2.27. The van der Waals surface area contributed by atoms with Gasteiger partial charge >= 0.3 is 5.97 Å². The molecule has 11 heteroatoms. The fourth-order valence-corrected chi connectivity index (χ4v) is 3.91. The van der Waals surface area contributed by atoms with Crippen molar-refractivity contribution in [3.8, 4) is 5.75 Å². The number of phenols is 1. The first kappa shape index (κ1) is 27.1. The van der Waals surface area contributed by atoms with Crippen molar-refractivity contribution in [2.75, 3.05) is 13.1 Å². The monoisotopic (exact) mass is 477 g/mol. The van der Waals surface area contributed by atoms with E-state index in [4.69, 9.17) is 11.5 Å². The van der Waals surface area contributed by atoms with E-state index in [1.807, 2.05) is 0 Å². The van der Waals surface area contributed by atoms with E-state index in [2.05, 4.69) is 10.6 Å². The van der Waals surface area contributed by atoms with Gasteiger partial charge in [-0.3, -0.25) is 14.4 Å². The lowest BCUT2D eigenvalue weighted by atomic mass is 10.0. The molecule has 1 aliphatic rings. The molecule has 1 aromatic carbocycles. The van der Waals surface area contributed by atoms with Gasteiger partial charge in [0, 0.05) is 6.54 Å². The number of hydrogen-bond acceptors (Lipinski definition) is 7. The molecule has 1 aromatic rings. The molecule has 4 atom stereocenters. The summed E-state index contributed by atoms with van der Waals surface area (Å²) in [4.78, 5) is 51.1. The van der Waals surface area contributed by atoms with Crippen molar-refractivity contribution in [1.29, 1.82) is 0 Å². The summed E-state index contributed by atoms with van der Waals surface area (Å²) < 4.78 is 0. The van der Waals surface area contributed by atoms with E-state index < -0.39 is 42.0 Å². The number of carbonyl (C=O) groups excluding carboxylic acids is 3. The number of nitrogens with zero attached hydrogens (tertiary/aromatic N) is 1. The van der Waals surface area contributed by atoms with Gasteiger partial charge in [-0.1, -0.05) is 12.1 Å². The van der Waals surface area contributed by atoms with Crippen molar-refractivity contribution >= 4 is 23.7 Å². The van der Waals surface area contributed by atoms with E-state index in [0.717, 1.165) is 5.56 Å². The SMILES string of the molecule is CC(NC(=O)C1CCCN1C(=O)C(N)Cc1ccc(O)cc1)C(=O)NC(CCCCN)C(=O)O. The number of phenolic OH excluding ortho intramolecular Hbond substituents is 1. The Morgan fingerprint density at radius 3 is 2.44 bits per heavy atom. The zero-order valence-electron chi connectivity index (χ0n) is 19.4. The third kappa shape index (κ3) is 7.70. The van der Waals surface area contributed by atoms with E-state index in [-0.39, 0.29) is 24.5 Å². The van der Waals surface area contributed by atoms with Crippen LogP contribution in [0.5, 0.6) is 5.75 Å².